The zero-order chi connectivity index (χ0) is 17.8. The fraction of sp³-hybridized carbons (Fsp3) is 0.278. The van der Waals surface area contributed by atoms with Crippen molar-refractivity contribution in [2.24, 2.45) is 7.05 Å². The Hall–Kier alpha value is -2.12. The molecule has 25 heavy (non-hydrogen) atoms. The summed E-state index contributed by atoms with van der Waals surface area (Å²) in [5, 5.41) is 11.3. The first-order valence-corrected chi connectivity index (χ1v) is 9.77. The van der Waals surface area contributed by atoms with Crippen molar-refractivity contribution >= 4 is 29.0 Å². The zero-order valence-electron chi connectivity index (χ0n) is 14.5. The van der Waals surface area contributed by atoms with Crippen LogP contribution in [0, 0.1) is 6.92 Å². The molecule has 0 saturated carbocycles. The van der Waals surface area contributed by atoms with Crippen molar-refractivity contribution in [1.29, 1.82) is 0 Å². The molecule has 0 aliphatic carbocycles. The molecule has 0 unspecified atom stereocenters. The predicted octanol–water partition coefficient (Wildman–Crippen LogP) is 3.60. The smallest absolute Gasteiger partial charge is 0.233 e. The fourth-order valence-corrected chi connectivity index (χ4v) is 4.20. The summed E-state index contributed by atoms with van der Waals surface area (Å²) in [6.45, 7) is 2.72. The number of nitrogens with zero attached hydrogens (tertiary/aromatic N) is 4. The Kier molecular flexibility index (Phi) is 5.55. The molecule has 5 nitrogen and oxygen atoms in total. The third kappa shape index (κ3) is 4.11. The first-order chi connectivity index (χ1) is 12.1. The fourth-order valence-electron chi connectivity index (χ4n) is 2.39. The van der Waals surface area contributed by atoms with E-state index >= 15 is 0 Å². The molecule has 3 rings (SSSR count). The van der Waals surface area contributed by atoms with Gasteiger partial charge in [-0.15, -0.1) is 21.5 Å². The van der Waals surface area contributed by atoms with E-state index in [0.717, 1.165) is 16.5 Å². The number of carbonyl (C=O) groups is 1. The first kappa shape index (κ1) is 17.7. The molecule has 2 aromatic heterocycles. The molecule has 1 amide bonds. The number of amides is 1. The Morgan fingerprint density at radius 1 is 1.24 bits per heavy atom. The number of thioether (sulfide) groups is 1. The van der Waals surface area contributed by atoms with E-state index in [1.54, 1.807) is 16.2 Å². The summed E-state index contributed by atoms with van der Waals surface area (Å²) in [4.78, 5) is 15.4. The van der Waals surface area contributed by atoms with Crippen LogP contribution in [0.1, 0.15) is 10.4 Å². The normalized spacial score (nSPS) is 10.8. The van der Waals surface area contributed by atoms with E-state index in [2.05, 4.69) is 28.6 Å². The van der Waals surface area contributed by atoms with E-state index in [9.17, 15) is 4.79 Å². The number of benzene rings is 1. The maximum absolute atomic E-state index is 12.4. The van der Waals surface area contributed by atoms with Crippen LogP contribution in [0.15, 0.2) is 46.9 Å². The highest BCUT2D eigenvalue weighted by Gasteiger charge is 2.15. The lowest BCUT2D eigenvalue weighted by Crippen LogP contribution is -2.27. The van der Waals surface area contributed by atoms with Gasteiger partial charge in [0.2, 0.25) is 5.91 Å². The lowest BCUT2D eigenvalue weighted by molar-refractivity contribution is -0.127. The predicted molar refractivity (Wildman–Crippen MR) is 103 cm³/mol. The largest absolute Gasteiger partial charge is 0.340 e. The van der Waals surface area contributed by atoms with Crippen LogP contribution in [0.2, 0.25) is 0 Å². The van der Waals surface area contributed by atoms with E-state index in [1.165, 1.54) is 22.2 Å². The summed E-state index contributed by atoms with van der Waals surface area (Å²) in [6.07, 6.45) is 0. The Bertz CT molecular complexity index is 857. The summed E-state index contributed by atoms with van der Waals surface area (Å²) >= 11 is 3.10. The molecule has 0 fully saturated rings. The van der Waals surface area contributed by atoms with Gasteiger partial charge in [-0.3, -0.25) is 4.79 Å². The van der Waals surface area contributed by atoms with Crippen molar-refractivity contribution in [3.05, 3.63) is 52.2 Å². The molecule has 0 aliphatic rings. The highest BCUT2D eigenvalue weighted by molar-refractivity contribution is 7.99. The molecule has 0 radical (unpaired) electrons. The van der Waals surface area contributed by atoms with Crippen LogP contribution in [0.4, 0.5) is 0 Å². The van der Waals surface area contributed by atoms with Gasteiger partial charge in [-0.05, 0) is 23.9 Å². The van der Waals surface area contributed by atoms with Gasteiger partial charge in [-0.1, -0.05) is 42.1 Å². The van der Waals surface area contributed by atoms with E-state index in [0.29, 0.717) is 12.3 Å². The number of rotatable bonds is 6. The van der Waals surface area contributed by atoms with Crippen LogP contribution in [-0.2, 0) is 18.4 Å². The van der Waals surface area contributed by atoms with Crippen molar-refractivity contribution in [2.45, 2.75) is 18.6 Å². The van der Waals surface area contributed by atoms with Crippen molar-refractivity contribution in [1.82, 2.24) is 19.7 Å². The molecular weight excluding hydrogens is 352 g/mol. The molecule has 2 heterocycles. The van der Waals surface area contributed by atoms with E-state index < -0.39 is 0 Å². The van der Waals surface area contributed by atoms with E-state index in [1.807, 2.05) is 49.0 Å². The summed E-state index contributed by atoms with van der Waals surface area (Å²) in [6, 6.07) is 12.0. The Balaban J connectivity index is 1.61. The van der Waals surface area contributed by atoms with E-state index in [4.69, 9.17) is 0 Å². The third-order valence-corrected chi connectivity index (χ3v) is 5.98. The van der Waals surface area contributed by atoms with Gasteiger partial charge in [0.05, 0.1) is 12.3 Å². The molecular formula is C18H20N4OS2. The number of thiophene rings is 1. The molecule has 0 N–H and O–H groups in total. The third-order valence-electron chi connectivity index (χ3n) is 3.97. The van der Waals surface area contributed by atoms with Gasteiger partial charge in [0.15, 0.2) is 11.0 Å². The molecule has 7 heteroatoms. The van der Waals surface area contributed by atoms with Crippen molar-refractivity contribution < 1.29 is 4.79 Å². The summed E-state index contributed by atoms with van der Waals surface area (Å²) in [5.41, 5.74) is 2.25. The molecule has 0 saturated heterocycles. The van der Waals surface area contributed by atoms with Gasteiger partial charge in [-0.25, -0.2) is 0 Å². The molecule has 1 aromatic carbocycles. The first-order valence-electron chi connectivity index (χ1n) is 7.91. The second-order valence-corrected chi connectivity index (χ2v) is 7.74. The van der Waals surface area contributed by atoms with Crippen molar-refractivity contribution in [2.75, 3.05) is 12.8 Å². The molecule has 130 valence electrons. The zero-order valence-corrected chi connectivity index (χ0v) is 16.1. The maximum Gasteiger partial charge on any atom is 0.233 e. The van der Waals surface area contributed by atoms with Crippen molar-refractivity contribution in [3.63, 3.8) is 0 Å². The molecule has 0 spiro atoms. The van der Waals surface area contributed by atoms with Gasteiger partial charge in [0, 0.05) is 24.5 Å². The maximum atomic E-state index is 12.4. The molecule has 3 aromatic rings. The van der Waals surface area contributed by atoms with Crippen molar-refractivity contribution in [3.8, 4) is 11.4 Å². The highest BCUT2D eigenvalue weighted by atomic mass is 32.2. The molecule has 0 atom stereocenters. The second-order valence-electron chi connectivity index (χ2n) is 5.80. The number of hydrogen-bond donors (Lipinski definition) is 0. The minimum absolute atomic E-state index is 0.0852. The quantitative estimate of drug-likeness (QED) is 0.620. The summed E-state index contributed by atoms with van der Waals surface area (Å²) in [5.74, 6) is 1.24. The van der Waals surface area contributed by atoms with Crippen LogP contribution in [-0.4, -0.2) is 38.4 Å². The summed E-state index contributed by atoms with van der Waals surface area (Å²) < 4.78 is 1.93. The minimum Gasteiger partial charge on any atom is -0.340 e. The number of aromatic nitrogens is 3. The number of aryl methyl sites for hydroxylation is 1. The topological polar surface area (TPSA) is 51.0 Å². The number of hydrogen-bond acceptors (Lipinski definition) is 5. The van der Waals surface area contributed by atoms with Crippen LogP contribution >= 0.6 is 23.1 Å². The van der Waals surface area contributed by atoms with Crippen LogP contribution in [0.25, 0.3) is 11.4 Å². The number of carbonyl (C=O) groups excluding carboxylic acids is 1. The Morgan fingerprint density at radius 3 is 2.68 bits per heavy atom. The minimum atomic E-state index is 0.0852. The highest BCUT2D eigenvalue weighted by Crippen LogP contribution is 2.23. The molecule has 0 bridgehead atoms. The lowest BCUT2D eigenvalue weighted by Gasteiger charge is -2.16. The standard InChI is InChI=1S/C18H20N4OS2/c1-13-9-10-24-15(13)11-21(2)16(23)12-25-18-20-19-17(22(18)3)14-7-5-4-6-8-14/h4-10H,11-12H2,1-3H3. The van der Waals surface area contributed by atoms with Gasteiger partial charge in [0.25, 0.3) is 0 Å². The van der Waals surface area contributed by atoms with E-state index in [-0.39, 0.29) is 5.91 Å². The summed E-state index contributed by atoms with van der Waals surface area (Å²) in [7, 11) is 3.77. The SMILES string of the molecule is Cc1ccsc1CN(C)C(=O)CSc1nnc(-c2ccccc2)n1C. The van der Waals surface area contributed by atoms with Gasteiger partial charge < -0.3 is 9.47 Å². The van der Waals surface area contributed by atoms with Gasteiger partial charge >= 0.3 is 0 Å². The average molecular weight is 373 g/mol. The van der Waals surface area contributed by atoms with Crippen LogP contribution in [0.3, 0.4) is 0 Å². The second kappa shape index (κ2) is 7.84. The monoisotopic (exact) mass is 372 g/mol. The Labute approximate surface area is 155 Å². The van der Waals surface area contributed by atoms with Gasteiger partial charge in [0.1, 0.15) is 0 Å². The lowest BCUT2D eigenvalue weighted by atomic mass is 10.2. The van der Waals surface area contributed by atoms with Crippen LogP contribution < -0.4 is 0 Å². The molecule has 0 aliphatic heterocycles. The Morgan fingerprint density at radius 2 is 2.00 bits per heavy atom. The average Bonchev–Trinajstić information content (AvgIpc) is 3.19. The van der Waals surface area contributed by atoms with Gasteiger partial charge in [-0.2, -0.15) is 0 Å². The van der Waals surface area contributed by atoms with Crippen LogP contribution in [0.5, 0.6) is 0 Å².